The van der Waals surface area contributed by atoms with Crippen molar-refractivity contribution in [2.24, 2.45) is 23.1 Å². The van der Waals surface area contributed by atoms with Crippen molar-refractivity contribution >= 4 is 5.97 Å². The summed E-state index contributed by atoms with van der Waals surface area (Å²) in [6.07, 6.45) is 0. The van der Waals surface area contributed by atoms with Gasteiger partial charge in [-0.2, -0.15) is 5.90 Å². The molecule has 0 heterocycles. The van der Waals surface area contributed by atoms with Crippen molar-refractivity contribution in [3.63, 3.8) is 0 Å². The van der Waals surface area contributed by atoms with Crippen molar-refractivity contribution in [3.8, 4) is 0 Å². The minimum Gasteiger partial charge on any atom is -0.370 e. The van der Waals surface area contributed by atoms with Gasteiger partial charge in [0.2, 0.25) is 5.79 Å². The van der Waals surface area contributed by atoms with Gasteiger partial charge in [-0.3, -0.25) is 17.2 Å². The van der Waals surface area contributed by atoms with Crippen molar-refractivity contribution < 1.29 is 51.1 Å². The predicted molar refractivity (Wildman–Crippen MR) is 45.7 cm³/mol. The molecule has 0 aliphatic rings. The van der Waals surface area contributed by atoms with Crippen molar-refractivity contribution in [2.75, 3.05) is 0 Å². The normalized spacial score (nSPS) is 6.29. The van der Waals surface area contributed by atoms with Crippen molar-refractivity contribution in [1.82, 2.24) is 24.6 Å². The van der Waals surface area contributed by atoms with Crippen LogP contribution in [0.25, 0.3) is 0 Å². The Morgan fingerprint density at radius 2 is 1.21 bits per heavy atom. The zero-order chi connectivity index (χ0) is 6.78. The van der Waals surface area contributed by atoms with Crippen molar-refractivity contribution in [3.05, 3.63) is 0 Å². The minimum absolute atomic E-state index is 0. The van der Waals surface area contributed by atoms with Gasteiger partial charge in [0, 0.05) is 41.5 Å². The zero-order valence-corrected chi connectivity index (χ0v) is 11.4. The Kier molecular flexibility index (Phi) is 64.2. The first-order chi connectivity index (χ1) is 3.48. The number of nitrogens with two attached hydrogens (primary N) is 4. The fourth-order valence-corrected chi connectivity index (χ4v) is 0.102. The Bertz CT molecular complexity index is 108. The maximum atomic E-state index is 10.1. The Morgan fingerprint density at radius 1 is 1.00 bits per heavy atom. The SMILES string of the molecule is N.N.N.N.NOC(=O)C(N)(N)N.[Pd].[Pt]. The van der Waals surface area contributed by atoms with Gasteiger partial charge in [0.05, 0.1) is 0 Å². The van der Waals surface area contributed by atoms with E-state index in [2.05, 4.69) is 10.7 Å². The molecule has 0 rings (SSSR count). The summed E-state index contributed by atoms with van der Waals surface area (Å²) in [5.41, 5.74) is 14.4. The zero-order valence-electron chi connectivity index (χ0n) is 7.59. The predicted octanol–water partition coefficient (Wildman–Crippen LogP) is -2.42. The number of hydrogen-bond donors (Lipinski definition) is 8. The fraction of sp³-hybridized carbons (Fsp3) is 0.500. The Hall–Kier alpha value is 0.501. The van der Waals surface area contributed by atoms with E-state index in [1.165, 1.54) is 0 Å². The molecule has 0 unspecified atom stereocenters. The maximum Gasteiger partial charge on any atom is 0.374 e. The van der Waals surface area contributed by atoms with Crippen LogP contribution in [0.15, 0.2) is 0 Å². The quantitative estimate of drug-likeness (QED) is 0.109. The van der Waals surface area contributed by atoms with Crippen molar-refractivity contribution in [1.29, 1.82) is 0 Å². The molecule has 0 aromatic heterocycles. The Morgan fingerprint density at radius 3 is 1.21 bits per heavy atom. The summed E-state index contributed by atoms with van der Waals surface area (Å²) in [6, 6.07) is 0. The van der Waals surface area contributed by atoms with E-state index in [1.807, 2.05) is 0 Å². The van der Waals surface area contributed by atoms with E-state index in [1.54, 1.807) is 0 Å². The smallest absolute Gasteiger partial charge is 0.370 e. The average molecular weight is 490 g/mol. The average Bonchev–Trinajstić information content (AvgIpc) is 1.62. The molecule has 0 spiro atoms. The summed E-state index contributed by atoms with van der Waals surface area (Å²) < 4.78 is 0. The second-order valence-corrected chi connectivity index (χ2v) is 1.34. The molecule has 12 heteroatoms. The van der Waals surface area contributed by atoms with Crippen molar-refractivity contribution in [2.45, 2.75) is 5.79 Å². The van der Waals surface area contributed by atoms with Crippen LogP contribution in [0.3, 0.4) is 0 Å². The molecule has 0 aliphatic carbocycles. The molecular formula is C2H20N8O2PdPt. The Balaban J connectivity index is -0.0000000163. The Labute approximate surface area is 110 Å². The first-order valence-electron chi connectivity index (χ1n) is 1.76. The molecule has 20 N–H and O–H groups in total. The van der Waals surface area contributed by atoms with Crippen LogP contribution in [0, 0.1) is 0 Å². The van der Waals surface area contributed by atoms with Crippen LogP contribution >= 0.6 is 0 Å². The maximum absolute atomic E-state index is 10.1. The third-order valence-electron chi connectivity index (χ3n) is 0.461. The van der Waals surface area contributed by atoms with Gasteiger partial charge in [-0.15, -0.1) is 0 Å². The second-order valence-electron chi connectivity index (χ2n) is 1.34. The van der Waals surface area contributed by atoms with E-state index in [0.717, 1.165) is 0 Å². The van der Waals surface area contributed by atoms with Crippen LogP contribution in [0.2, 0.25) is 0 Å². The molecule has 0 atom stereocenters. The fourth-order valence-electron chi connectivity index (χ4n) is 0.102. The van der Waals surface area contributed by atoms with E-state index in [-0.39, 0.29) is 66.1 Å². The molecule has 0 aromatic carbocycles. The summed E-state index contributed by atoms with van der Waals surface area (Å²) >= 11 is 0. The van der Waals surface area contributed by atoms with Gasteiger partial charge in [-0.25, -0.2) is 4.79 Å². The number of rotatable bonds is 1. The van der Waals surface area contributed by atoms with Gasteiger partial charge >= 0.3 is 5.97 Å². The summed E-state index contributed by atoms with van der Waals surface area (Å²) in [7, 11) is 0. The summed E-state index contributed by atoms with van der Waals surface area (Å²) in [6.45, 7) is 0. The standard InChI is InChI=1S/C2H8N4O2.4H3N.Pd.Pt/c3-2(4,5)1(7)8-6;;;;;;/h3-6H2;4*1H3;;. The van der Waals surface area contributed by atoms with Gasteiger partial charge in [0.1, 0.15) is 0 Å². The van der Waals surface area contributed by atoms with E-state index in [4.69, 9.17) is 17.2 Å². The summed E-state index contributed by atoms with van der Waals surface area (Å²) in [5, 5.41) is 0. The molecule has 100 valence electrons. The van der Waals surface area contributed by atoms with Gasteiger partial charge < -0.3 is 29.4 Å². The van der Waals surface area contributed by atoms with Gasteiger partial charge in [0.25, 0.3) is 0 Å². The molecule has 0 aliphatic heterocycles. The third kappa shape index (κ3) is 22.9. The second kappa shape index (κ2) is 19.1. The van der Waals surface area contributed by atoms with Crippen LogP contribution in [0.4, 0.5) is 0 Å². The molecule has 0 bridgehead atoms. The van der Waals surface area contributed by atoms with Crippen LogP contribution in [0.5, 0.6) is 0 Å². The van der Waals surface area contributed by atoms with Crippen LogP contribution in [-0.4, -0.2) is 11.8 Å². The van der Waals surface area contributed by atoms with Gasteiger partial charge in [-0.05, 0) is 0 Å². The summed E-state index contributed by atoms with van der Waals surface area (Å²) in [4.78, 5) is 13.7. The first kappa shape index (κ1) is 47.0. The largest absolute Gasteiger partial charge is 0.374 e. The molecule has 0 fully saturated rings. The first-order valence-corrected chi connectivity index (χ1v) is 1.76. The molecule has 10 nitrogen and oxygen atoms in total. The molecule has 0 radical (unpaired) electrons. The van der Waals surface area contributed by atoms with Gasteiger partial charge in [-0.1, -0.05) is 0 Å². The molecular weight excluding hydrogens is 470 g/mol. The van der Waals surface area contributed by atoms with E-state index < -0.39 is 11.8 Å². The van der Waals surface area contributed by atoms with E-state index >= 15 is 0 Å². The van der Waals surface area contributed by atoms with Crippen LogP contribution < -0.4 is 47.7 Å². The number of carbonyl (C=O) groups is 1. The van der Waals surface area contributed by atoms with Crippen LogP contribution in [0.1, 0.15) is 0 Å². The number of carbonyl (C=O) groups excluding carboxylic acids is 1. The molecule has 0 aromatic rings. The summed E-state index contributed by atoms with van der Waals surface area (Å²) in [5.74, 6) is 1.33. The number of hydrogen-bond acceptors (Lipinski definition) is 10. The van der Waals surface area contributed by atoms with E-state index in [0.29, 0.717) is 0 Å². The molecule has 0 amide bonds. The van der Waals surface area contributed by atoms with Crippen LogP contribution in [-0.2, 0) is 51.1 Å². The van der Waals surface area contributed by atoms with E-state index in [9.17, 15) is 4.79 Å². The van der Waals surface area contributed by atoms with Gasteiger partial charge in [0.15, 0.2) is 0 Å². The minimum atomic E-state index is -1.98. The third-order valence-corrected chi connectivity index (χ3v) is 0.461. The molecule has 14 heavy (non-hydrogen) atoms. The monoisotopic (exact) mass is 489 g/mol. The molecule has 0 saturated carbocycles. The molecule has 0 saturated heterocycles. The topological polar surface area (TPSA) is 270 Å².